The van der Waals surface area contributed by atoms with Gasteiger partial charge in [0.1, 0.15) is 12.7 Å². The first-order chi connectivity index (χ1) is 10.5. The summed E-state index contributed by atoms with van der Waals surface area (Å²) in [5.74, 6) is 0.455. The monoisotopic (exact) mass is 319 g/mol. The third-order valence-corrected chi connectivity index (χ3v) is 5.20. The molecule has 1 aliphatic carbocycles. The lowest BCUT2D eigenvalue weighted by atomic mass is 9.81. The molecule has 3 rings (SSSR count). The molecule has 0 saturated heterocycles. The minimum absolute atomic E-state index is 0.0858. The van der Waals surface area contributed by atoms with Crippen molar-refractivity contribution in [3.8, 4) is 0 Å². The van der Waals surface area contributed by atoms with E-state index in [0.29, 0.717) is 6.54 Å². The molecule has 0 radical (unpaired) electrons. The first-order valence-electron chi connectivity index (χ1n) is 7.70. The van der Waals surface area contributed by atoms with Crippen molar-refractivity contribution in [3.05, 3.63) is 47.5 Å². The molecule has 5 heteroatoms. The lowest BCUT2D eigenvalue weighted by Crippen LogP contribution is -2.31. The Morgan fingerprint density at radius 3 is 2.68 bits per heavy atom. The molecule has 3 unspecified atom stereocenters. The van der Waals surface area contributed by atoms with Gasteiger partial charge in [-0.05, 0) is 41.9 Å². The highest BCUT2D eigenvalue weighted by molar-refractivity contribution is 6.30. The van der Waals surface area contributed by atoms with Crippen LogP contribution >= 0.6 is 11.6 Å². The van der Waals surface area contributed by atoms with Gasteiger partial charge in [-0.1, -0.05) is 37.6 Å². The summed E-state index contributed by atoms with van der Waals surface area (Å²) in [6.07, 6.45) is 4.83. The number of hydrogen-bond donors (Lipinski definition) is 1. The fourth-order valence-electron chi connectivity index (χ4n) is 3.74. The van der Waals surface area contributed by atoms with Crippen LogP contribution in [0.25, 0.3) is 0 Å². The van der Waals surface area contributed by atoms with Crippen LogP contribution < -0.4 is 0 Å². The number of aliphatic hydroxyl groups is 1. The minimum Gasteiger partial charge on any atom is -0.392 e. The van der Waals surface area contributed by atoms with Crippen LogP contribution in [-0.2, 0) is 13.0 Å². The van der Waals surface area contributed by atoms with Gasteiger partial charge in [0.2, 0.25) is 0 Å². The van der Waals surface area contributed by atoms with Gasteiger partial charge < -0.3 is 5.11 Å². The summed E-state index contributed by atoms with van der Waals surface area (Å²) >= 11 is 5.94. The molecule has 4 nitrogen and oxygen atoms in total. The van der Waals surface area contributed by atoms with Gasteiger partial charge >= 0.3 is 0 Å². The largest absolute Gasteiger partial charge is 0.392 e. The maximum absolute atomic E-state index is 10.8. The molecule has 118 valence electrons. The van der Waals surface area contributed by atoms with Crippen LogP contribution in [0.5, 0.6) is 0 Å². The van der Waals surface area contributed by atoms with Crippen LogP contribution in [-0.4, -0.2) is 26.0 Å². The standard InChI is InChI=1S/C17H22ClN3O/c1-17(2)8-13(7-12-3-5-14(18)6-4-12)16(22)15(17)9-21-11-19-10-20-21/h3-6,10-11,13,15-16,22H,7-9H2,1-2H3. The van der Waals surface area contributed by atoms with Crippen LogP contribution in [0.15, 0.2) is 36.9 Å². The Morgan fingerprint density at radius 1 is 1.32 bits per heavy atom. The second-order valence-corrected chi connectivity index (χ2v) is 7.43. The van der Waals surface area contributed by atoms with Crippen molar-refractivity contribution in [3.63, 3.8) is 0 Å². The van der Waals surface area contributed by atoms with Crippen LogP contribution in [0.3, 0.4) is 0 Å². The molecule has 2 aromatic rings. The molecule has 1 aromatic heterocycles. The SMILES string of the molecule is CC1(C)CC(Cc2ccc(Cl)cc2)C(O)C1Cn1cncn1. The third kappa shape index (κ3) is 3.18. The van der Waals surface area contributed by atoms with Gasteiger partial charge in [0.15, 0.2) is 0 Å². The molecule has 0 spiro atoms. The number of hydrogen-bond acceptors (Lipinski definition) is 3. The van der Waals surface area contributed by atoms with Gasteiger partial charge in [-0.25, -0.2) is 4.98 Å². The van der Waals surface area contributed by atoms with Gasteiger partial charge in [-0.3, -0.25) is 4.68 Å². The Kier molecular flexibility index (Phi) is 4.24. The molecule has 1 fully saturated rings. The summed E-state index contributed by atoms with van der Waals surface area (Å²) in [4.78, 5) is 3.99. The first-order valence-corrected chi connectivity index (χ1v) is 8.08. The molecule has 1 N–H and O–H groups in total. The number of aromatic nitrogens is 3. The van der Waals surface area contributed by atoms with Crippen LogP contribution in [0.4, 0.5) is 0 Å². The fraction of sp³-hybridized carbons (Fsp3) is 0.529. The van der Waals surface area contributed by atoms with E-state index in [-0.39, 0.29) is 23.4 Å². The molecule has 0 bridgehead atoms. The molecule has 0 amide bonds. The highest BCUT2D eigenvalue weighted by Gasteiger charge is 2.47. The predicted molar refractivity (Wildman–Crippen MR) is 86.6 cm³/mol. The van der Waals surface area contributed by atoms with Gasteiger partial charge in [0, 0.05) is 17.5 Å². The number of rotatable bonds is 4. The fourth-order valence-corrected chi connectivity index (χ4v) is 3.86. The smallest absolute Gasteiger partial charge is 0.137 e. The molecule has 1 aromatic carbocycles. The zero-order chi connectivity index (χ0) is 15.7. The van der Waals surface area contributed by atoms with Crippen LogP contribution in [0.1, 0.15) is 25.8 Å². The third-order valence-electron chi connectivity index (χ3n) is 4.95. The Bertz CT molecular complexity index is 609. The first kappa shape index (κ1) is 15.5. The molecule has 1 heterocycles. The highest BCUT2D eigenvalue weighted by atomic mass is 35.5. The van der Waals surface area contributed by atoms with Gasteiger partial charge in [-0.2, -0.15) is 5.10 Å². The lowest BCUT2D eigenvalue weighted by molar-refractivity contribution is 0.0571. The summed E-state index contributed by atoms with van der Waals surface area (Å²) in [5.41, 5.74) is 1.31. The zero-order valence-electron chi connectivity index (χ0n) is 13.0. The Hall–Kier alpha value is -1.39. The zero-order valence-corrected chi connectivity index (χ0v) is 13.7. The van der Waals surface area contributed by atoms with Gasteiger partial charge in [0.05, 0.1) is 6.10 Å². The molecular formula is C17H22ClN3O. The summed E-state index contributed by atoms with van der Waals surface area (Å²) in [5, 5.41) is 15.7. The van der Waals surface area contributed by atoms with Crippen molar-refractivity contribution in [2.45, 2.75) is 39.3 Å². The second-order valence-electron chi connectivity index (χ2n) is 7.00. The number of nitrogens with zero attached hydrogens (tertiary/aromatic N) is 3. The topological polar surface area (TPSA) is 50.9 Å². The normalized spacial score (nSPS) is 27.2. The predicted octanol–water partition coefficient (Wildman–Crippen LogP) is 3.20. The van der Waals surface area contributed by atoms with Gasteiger partial charge in [0.25, 0.3) is 0 Å². The maximum atomic E-state index is 10.8. The van der Waals surface area contributed by atoms with E-state index in [1.807, 2.05) is 28.9 Å². The molecular weight excluding hydrogens is 298 g/mol. The minimum atomic E-state index is -0.324. The highest BCUT2D eigenvalue weighted by Crippen LogP contribution is 2.47. The molecule has 0 aliphatic heterocycles. The van der Waals surface area contributed by atoms with E-state index in [4.69, 9.17) is 11.6 Å². The second kappa shape index (κ2) is 6.01. The average molecular weight is 320 g/mol. The molecule has 1 saturated carbocycles. The molecule has 1 aliphatic rings. The van der Waals surface area contributed by atoms with E-state index in [1.54, 1.807) is 12.7 Å². The summed E-state index contributed by atoms with van der Waals surface area (Å²) in [6.45, 7) is 5.19. The lowest BCUT2D eigenvalue weighted by Gasteiger charge is -2.28. The van der Waals surface area contributed by atoms with Crippen molar-refractivity contribution in [2.24, 2.45) is 17.3 Å². The van der Waals surface area contributed by atoms with Crippen molar-refractivity contribution in [1.82, 2.24) is 14.8 Å². The van der Waals surface area contributed by atoms with Crippen molar-refractivity contribution in [2.75, 3.05) is 0 Å². The van der Waals surface area contributed by atoms with E-state index < -0.39 is 0 Å². The number of halogens is 1. The van der Waals surface area contributed by atoms with E-state index in [1.165, 1.54) is 5.56 Å². The van der Waals surface area contributed by atoms with Crippen molar-refractivity contribution >= 4 is 11.6 Å². The van der Waals surface area contributed by atoms with Crippen LogP contribution in [0, 0.1) is 17.3 Å². The Labute approximate surface area is 136 Å². The summed E-state index contributed by atoms with van der Waals surface area (Å²) in [6, 6.07) is 7.92. The summed E-state index contributed by atoms with van der Waals surface area (Å²) < 4.78 is 1.82. The Balaban J connectivity index is 1.73. The van der Waals surface area contributed by atoms with Gasteiger partial charge in [-0.15, -0.1) is 0 Å². The maximum Gasteiger partial charge on any atom is 0.137 e. The molecule has 3 atom stereocenters. The van der Waals surface area contributed by atoms with Crippen molar-refractivity contribution in [1.29, 1.82) is 0 Å². The van der Waals surface area contributed by atoms with E-state index in [0.717, 1.165) is 17.9 Å². The van der Waals surface area contributed by atoms with E-state index >= 15 is 0 Å². The summed E-state index contributed by atoms with van der Waals surface area (Å²) in [7, 11) is 0. The van der Waals surface area contributed by atoms with Crippen molar-refractivity contribution < 1.29 is 5.11 Å². The van der Waals surface area contributed by atoms with E-state index in [2.05, 4.69) is 23.9 Å². The number of aliphatic hydroxyl groups excluding tert-OH is 1. The molecule has 22 heavy (non-hydrogen) atoms. The quantitative estimate of drug-likeness (QED) is 0.941. The number of benzene rings is 1. The average Bonchev–Trinajstić information content (AvgIpc) is 3.04. The van der Waals surface area contributed by atoms with Crippen LogP contribution in [0.2, 0.25) is 5.02 Å². The Morgan fingerprint density at radius 2 is 2.05 bits per heavy atom. The van der Waals surface area contributed by atoms with E-state index in [9.17, 15) is 5.11 Å².